The fourth-order valence-corrected chi connectivity index (χ4v) is 2.08. The predicted octanol–water partition coefficient (Wildman–Crippen LogP) is 3.60. The molecule has 0 heterocycles. The van der Waals surface area contributed by atoms with Gasteiger partial charge >= 0.3 is 5.97 Å². The number of carboxylic acid groups (broad SMARTS) is 1. The molecule has 1 atom stereocenters. The minimum absolute atomic E-state index is 0.0167. The lowest BCUT2D eigenvalue weighted by molar-refractivity contribution is -0.139. The first-order valence-corrected chi connectivity index (χ1v) is 6.73. The van der Waals surface area contributed by atoms with Crippen LogP contribution < -0.4 is 9.47 Å². The van der Waals surface area contributed by atoms with Gasteiger partial charge in [-0.25, -0.2) is 0 Å². The van der Waals surface area contributed by atoms with Crippen LogP contribution in [0.1, 0.15) is 11.5 Å². The molecule has 4 nitrogen and oxygen atoms in total. The molecule has 0 aliphatic heterocycles. The highest BCUT2D eigenvalue weighted by molar-refractivity contribution is 6.30. The summed E-state index contributed by atoms with van der Waals surface area (Å²) in [6.45, 7) is 0.0167. The molecule has 0 saturated carbocycles. The van der Waals surface area contributed by atoms with Crippen LogP contribution in [0.15, 0.2) is 48.5 Å². The Morgan fingerprint density at radius 2 is 1.90 bits per heavy atom. The number of carboxylic acids is 1. The molecule has 21 heavy (non-hydrogen) atoms. The van der Waals surface area contributed by atoms with E-state index in [1.807, 2.05) is 0 Å². The molecule has 0 amide bonds. The van der Waals surface area contributed by atoms with Crippen molar-refractivity contribution in [1.82, 2.24) is 0 Å². The first kappa shape index (κ1) is 15.2. The smallest absolute Gasteiger partial charge is 0.314 e. The third-order valence-corrected chi connectivity index (χ3v) is 3.24. The number of halogens is 1. The normalized spacial score (nSPS) is 11.7. The maximum Gasteiger partial charge on any atom is 0.314 e. The van der Waals surface area contributed by atoms with Crippen LogP contribution in [-0.4, -0.2) is 24.8 Å². The van der Waals surface area contributed by atoms with Gasteiger partial charge in [0.15, 0.2) is 0 Å². The van der Waals surface area contributed by atoms with Gasteiger partial charge in [-0.05, 0) is 35.9 Å². The Hall–Kier alpha value is -2.20. The van der Waals surface area contributed by atoms with E-state index in [1.165, 1.54) is 7.11 Å². The lowest BCUT2D eigenvalue weighted by atomic mass is 10.00. The first-order chi connectivity index (χ1) is 10.1. The van der Waals surface area contributed by atoms with Crippen LogP contribution in [-0.2, 0) is 4.79 Å². The highest BCUT2D eigenvalue weighted by Gasteiger charge is 2.21. The molecule has 1 N–H and O–H groups in total. The Morgan fingerprint density at radius 3 is 2.57 bits per heavy atom. The van der Waals surface area contributed by atoms with Gasteiger partial charge in [0.2, 0.25) is 0 Å². The van der Waals surface area contributed by atoms with E-state index in [0.29, 0.717) is 22.1 Å². The monoisotopic (exact) mass is 306 g/mol. The molecule has 110 valence electrons. The van der Waals surface area contributed by atoms with Crippen LogP contribution in [0.4, 0.5) is 0 Å². The zero-order valence-corrected chi connectivity index (χ0v) is 12.2. The number of aliphatic carboxylic acids is 1. The second-order valence-electron chi connectivity index (χ2n) is 4.44. The van der Waals surface area contributed by atoms with Gasteiger partial charge in [0.1, 0.15) is 24.0 Å². The maximum atomic E-state index is 11.4. The third-order valence-electron chi connectivity index (χ3n) is 3.01. The molecule has 0 aliphatic carbocycles. The van der Waals surface area contributed by atoms with E-state index in [9.17, 15) is 9.90 Å². The molecule has 0 bridgehead atoms. The molecule has 0 spiro atoms. The van der Waals surface area contributed by atoms with Crippen LogP contribution in [0, 0.1) is 0 Å². The van der Waals surface area contributed by atoms with Crippen molar-refractivity contribution in [3.63, 3.8) is 0 Å². The van der Waals surface area contributed by atoms with E-state index in [2.05, 4.69) is 0 Å². The summed E-state index contributed by atoms with van der Waals surface area (Å²) in [5.41, 5.74) is 0.629. The molecule has 2 aromatic carbocycles. The molecule has 1 unspecified atom stereocenters. The van der Waals surface area contributed by atoms with Gasteiger partial charge in [-0.15, -0.1) is 0 Å². The number of ether oxygens (including phenoxy) is 2. The summed E-state index contributed by atoms with van der Waals surface area (Å²) < 4.78 is 10.6. The molecule has 0 radical (unpaired) electrons. The van der Waals surface area contributed by atoms with Crippen molar-refractivity contribution < 1.29 is 19.4 Å². The lowest BCUT2D eigenvalue weighted by Crippen LogP contribution is -2.19. The molecule has 2 aromatic rings. The number of rotatable bonds is 6. The topological polar surface area (TPSA) is 55.8 Å². The van der Waals surface area contributed by atoms with Crippen molar-refractivity contribution in [2.45, 2.75) is 5.92 Å². The van der Waals surface area contributed by atoms with E-state index in [1.54, 1.807) is 48.5 Å². The summed E-state index contributed by atoms with van der Waals surface area (Å²) in [4.78, 5) is 11.4. The van der Waals surface area contributed by atoms with E-state index in [-0.39, 0.29) is 6.61 Å². The summed E-state index contributed by atoms with van der Waals surface area (Å²) in [6, 6.07) is 13.8. The van der Waals surface area contributed by atoms with E-state index >= 15 is 0 Å². The quantitative estimate of drug-likeness (QED) is 0.886. The maximum absolute atomic E-state index is 11.4. The summed E-state index contributed by atoms with van der Waals surface area (Å²) in [7, 11) is 1.54. The summed E-state index contributed by atoms with van der Waals surface area (Å²) >= 11 is 5.87. The number of benzene rings is 2. The van der Waals surface area contributed by atoms with Crippen LogP contribution in [0.3, 0.4) is 0 Å². The third kappa shape index (κ3) is 4.13. The highest BCUT2D eigenvalue weighted by Crippen LogP contribution is 2.24. The van der Waals surface area contributed by atoms with Gasteiger partial charge in [0, 0.05) is 5.02 Å². The largest absolute Gasteiger partial charge is 0.497 e. The van der Waals surface area contributed by atoms with Crippen molar-refractivity contribution in [1.29, 1.82) is 0 Å². The second-order valence-corrected chi connectivity index (χ2v) is 4.87. The summed E-state index contributed by atoms with van der Waals surface area (Å²) in [5, 5.41) is 9.92. The standard InChI is InChI=1S/C16H15ClO4/c1-20-13-6-2-4-11(8-13)15(16(18)19)10-21-14-7-3-5-12(17)9-14/h2-9,15H,10H2,1H3,(H,18,19). The Bertz CT molecular complexity index is 627. The average molecular weight is 307 g/mol. The van der Waals surface area contributed by atoms with Crippen molar-refractivity contribution in [2.75, 3.05) is 13.7 Å². The van der Waals surface area contributed by atoms with E-state index in [4.69, 9.17) is 21.1 Å². The Morgan fingerprint density at radius 1 is 1.19 bits per heavy atom. The highest BCUT2D eigenvalue weighted by atomic mass is 35.5. The van der Waals surface area contributed by atoms with Crippen LogP contribution in [0.2, 0.25) is 5.02 Å². The molecule has 0 saturated heterocycles. The van der Waals surface area contributed by atoms with Crippen molar-refractivity contribution in [2.24, 2.45) is 0 Å². The first-order valence-electron chi connectivity index (χ1n) is 6.35. The lowest BCUT2D eigenvalue weighted by Gasteiger charge is -2.15. The van der Waals surface area contributed by atoms with E-state index in [0.717, 1.165) is 0 Å². The fraction of sp³-hybridized carbons (Fsp3) is 0.188. The summed E-state index contributed by atoms with van der Waals surface area (Å²) in [6.07, 6.45) is 0. The van der Waals surface area contributed by atoms with Crippen LogP contribution in [0.5, 0.6) is 11.5 Å². The predicted molar refractivity (Wildman–Crippen MR) is 80.3 cm³/mol. The van der Waals surface area contributed by atoms with Gasteiger partial charge in [0.25, 0.3) is 0 Å². The molecule has 0 aliphatic rings. The van der Waals surface area contributed by atoms with Crippen LogP contribution >= 0.6 is 11.6 Å². The average Bonchev–Trinajstić information content (AvgIpc) is 2.47. The molecule has 0 fully saturated rings. The zero-order valence-electron chi connectivity index (χ0n) is 11.5. The van der Waals surface area contributed by atoms with Crippen molar-refractivity contribution in [3.8, 4) is 11.5 Å². The van der Waals surface area contributed by atoms with Gasteiger partial charge in [-0.2, -0.15) is 0 Å². The fourth-order valence-electron chi connectivity index (χ4n) is 1.90. The van der Waals surface area contributed by atoms with Gasteiger partial charge in [0.05, 0.1) is 7.11 Å². The van der Waals surface area contributed by atoms with Gasteiger partial charge < -0.3 is 14.6 Å². The molecular formula is C16H15ClO4. The van der Waals surface area contributed by atoms with Crippen molar-refractivity contribution in [3.05, 3.63) is 59.1 Å². The summed E-state index contributed by atoms with van der Waals surface area (Å²) in [5.74, 6) is -0.581. The number of methoxy groups -OCH3 is 1. The Balaban J connectivity index is 2.14. The van der Waals surface area contributed by atoms with Crippen molar-refractivity contribution >= 4 is 17.6 Å². The van der Waals surface area contributed by atoms with Crippen LogP contribution in [0.25, 0.3) is 0 Å². The number of hydrogen-bond acceptors (Lipinski definition) is 3. The molecule has 0 aromatic heterocycles. The SMILES string of the molecule is COc1cccc(C(COc2cccc(Cl)c2)C(=O)O)c1. The second kappa shape index (κ2) is 6.99. The Labute approximate surface area is 127 Å². The molecular weight excluding hydrogens is 292 g/mol. The number of hydrogen-bond donors (Lipinski definition) is 1. The van der Waals surface area contributed by atoms with E-state index < -0.39 is 11.9 Å². The zero-order chi connectivity index (χ0) is 15.2. The van der Waals surface area contributed by atoms with Gasteiger partial charge in [-0.1, -0.05) is 29.8 Å². The number of carbonyl (C=O) groups is 1. The Kier molecular flexibility index (Phi) is 5.06. The minimum Gasteiger partial charge on any atom is -0.497 e. The minimum atomic E-state index is -0.953. The van der Waals surface area contributed by atoms with Gasteiger partial charge in [-0.3, -0.25) is 4.79 Å². The molecule has 5 heteroatoms. The molecule has 2 rings (SSSR count).